The number of benzene rings is 8. The van der Waals surface area contributed by atoms with Gasteiger partial charge in [-0.2, -0.15) is 0 Å². The highest BCUT2D eigenvalue weighted by Gasteiger charge is 2.19. The summed E-state index contributed by atoms with van der Waals surface area (Å²) in [5.41, 5.74) is 15.4. The van der Waals surface area contributed by atoms with Crippen molar-refractivity contribution < 1.29 is 8.83 Å². The summed E-state index contributed by atoms with van der Waals surface area (Å²) in [6.07, 6.45) is 0. The van der Waals surface area contributed by atoms with Crippen molar-refractivity contribution in [3.63, 3.8) is 0 Å². The predicted molar refractivity (Wildman–Crippen MR) is 224 cm³/mol. The second kappa shape index (κ2) is 11.8. The minimum absolute atomic E-state index is 0.857. The topological polar surface area (TPSA) is 41.6 Å². The molecule has 0 aliphatic carbocycles. The number of furan rings is 2. The Labute approximate surface area is 307 Å². The smallest absolute Gasteiger partial charge is 0.136 e. The van der Waals surface area contributed by atoms with Crippen molar-refractivity contribution in [2.45, 2.75) is 34.6 Å². The Hall–Kier alpha value is -6.52. The summed E-state index contributed by atoms with van der Waals surface area (Å²) in [6, 6.07) is 48.0. The van der Waals surface area contributed by atoms with Crippen molar-refractivity contribution in [1.29, 1.82) is 0 Å². The van der Waals surface area contributed by atoms with Gasteiger partial charge in [0.1, 0.15) is 22.3 Å². The molecule has 4 nitrogen and oxygen atoms in total. The Morgan fingerprint density at radius 1 is 0.396 bits per heavy atom. The van der Waals surface area contributed by atoms with Crippen molar-refractivity contribution in [1.82, 2.24) is 0 Å². The van der Waals surface area contributed by atoms with Crippen LogP contribution in [0.25, 0.3) is 65.4 Å². The molecule has 8 aromatic carbocycles. The molecule has 0 bridgehead atoms. The second-order valence-electron chi connectivity index (χ2n) is 14.7. The first-order chi connectivity index (χ1) is 25.8. The maximum absolute atomic E-state index is 6.62. The number of hydrogen-bond acceptors (Lipinski definition) is 4. The van der Waals surface area contributed by atoms with E-state index in [1.807, 2.05) is 0 Å². The summed E-state index contributed by atoms with van der Waals surface area (Å²) < 4.78 is 13.2. The van der Waals surface area contributed by atoms with E-state index in [0.29, 0.717) is 0 Å². The van der Waals surface area contributed by atoms with Crippen molar-refractivity contribution in [3.05, 3.63) is 161 Å². The minimum atomic E-state index is 0.857. The monoisotopic (exact) mass is 686 g/mol. The van der Waals surface area contributed by atoms with Gasteiger partial charge in [-0.25, -0.2) is 0 Å². The van der Waals surface area contributed by atoms with Crippen molar-refractivity contribution >= 4 is 93.9 Å². The Kier molecular flexibility index (Phi) is 6.93. The van der Waals surface area contributed by atoms with Crippen LogP contribution >= 0.6 is 0 Å². The molecule has 10 rings (SSSR count). The Balaban J connectivity index is 1.06. The molecule has 0 saturated carbocycles. The summed E-state index contributed by atoms with van der Waals surface area (Å²) in [7, 11) is 0. The Bertz CT molecular complexity index is 3070. The van der Waals surface area contributed by atoms with Gasteiger partial charge in [0.25, 0.3) is 0 Å². The first-order valence-electron chi connectivity index (χ1n) is 18.2. The third kappa shape index (κ3) is 5.21. The predicted octanol–water partition coefficient (Wildman–Crippen LogP) is 14.5. The summed E-state index contributed by atoms with van der Waals surface area (Å²) in [4.78, 5) is 2.37. The van der Waals surface area contributed by atoms with Crippen LogP contribution in [0.3, 0.4) is 0 Å². The normalized spacial score (nSPS) is 11.9. The molecule has 0 aliphatic heterocycles. The molecule has 53 heavy (non-hydrogen) atoms. The highest BCUT2D eigenvalue weighted by atomic mass is 16.3. The maximum atomic E-state index is 6.62. The molecule has 2 heterocycles. The lowest BCUT2D eigenvalue weighted by atomic mass is 10.00. The summed E-state index contributed by atoms with van der Waals surface area (Å²) in [5.74, 6) is 0. The van der Waals surface area contributed by atoms with Gasteiger partial charge >= 0.3 is 0 Å². The Morgan fingerprint density at radius 3 is 1.55 bits per heavy atom. The van der Waals surface area contributed by atoms with Crippen LogP contribution in [0.15, 0.2) is 142 Å². The number of nitrogens with zero attached hydrogens (tertiary/aromatic N) is 1. The van der Waals surface area contributed by atoms with Gasteiger partial charge in [-0.15, -0.1) is 0 Å². The fourth-order valence-corrected chi connectivity index (χ4v) is 7.84. The number of hydrogen-bond donors (Lipinski definition) is 1. The first kappa shape index (κ1) is 31.2. The van der Waals surface area contributed by atoms with Gasteiger partial charge < -0.3 is 19.1 Å². The fraction of sp³-hybridized carbons (Fsp3) is 0.102. The number of nitrogens with one attached hydrogen (secondary N) is 1. The van der Waals surface area contributed by atoms with Crippen LogP contribution in [-0.2, 0) is 0 Å². The molecule has 1 N–H and O–H groups in total. The number of fused-ring (bicyclic) bond motifs is 8. The van der Waals surface area contributed by atoms with E-state index in [-0.39, 0.29) is 0 Å². The lowest BCUT2D eigenvalue weighted by Gasteiger charge is -2.28. The van der Waals surface area contributed by atoms with Gasteiger partial charge in [-0.3, -0.25) is 0 Å². The maximum Gasteiger partial charge on any atom is 0.136 e. The van der Waals surface area contributed by atoms with Crippen LogP contribution in [0.2, 0.25) is 0 Å². The SMILES string of the molecule is Cc1ccc(Nc2ccc3cc4c(cc3c2)oc2cc3c(cc24)oc2cc4cc(N(c5ccc(C)cc5)c5ccc(C)c(C)c5C)ccc4cc23)cc1. The molecule has 0 atom stereocenters. The Morgan fingerprint density at radius 2 is 0.906 bits per heavy atom. The first-order valence-corrected chi connectivity index (χ1v) is 18.2. The van der Waals surface area contributed by atoms with E-state index in [2.05, 4.69) is 178 Å². The quantitative estimate of drug-likeness (QED) is 0.196. The molecule has 0 saturated heterocycles. The lowest BCUT2D eigenvalue weighted by Crippen LogP contribution is -2.12. The van der Waals surface area contributed by atoms with Crippen LogP contribution in [0.1, 0.15) is 27.8 Å². The van der Waals surface area contributed by atoms with E-state index in [1.54, 1.807) is 0 Å². The molecule has 4 heteroatoms. The molecular formula is C49H38N2O2. The average molecular weight is 687 g/mol. The molecule has 0 amide bonds. The zero-order valence-electron chi connectivity index (χ0n) is 30.5. The van der Waals surface area contributed by atoms with Crippen LogP contribution in [0, 0.1) is 34.6 Å². The van der Waals surface area contributed by atoms with Crippen LogP contribution in [0.5, 0.6) is 0 Å². The van der Waals surface area contributed by atoms with Gasteiger partial charge in [0, 0.05) is 50.0 Å². The summed E-state index contributed by atoms with van der Waals surface area (Å²) in [5, 5.41) is 12.4. The second-order valence-corrected chi connectivity index (χ2v) is 14.7. The third-order valence-corrected chi connectivity index (χ3v) is 11.1. The van der Waals surface area contributed by atoms with Crippen molar-refractivity contribution in [2.24, 2.45) is 0 Å². The van der Waals surface area contributed by atoms with Gasteiger partial charge in [-0.05, 0) is 164 Å². The molecule has 0 unspecified atom stereocenters. The average Bonchev–Trinajstić information content (AvgIpc) is 3.69. The number of rotatable bonds is 5. The van der Waals surface area contributed by atoms with E-state index >= 15 is 0 Å². The van der Waals surface area contributed by atoms with Gasteiger partial charge in [-0.1, -0.05) is 53.6 Å². The number of anilines is 5. The van der Waals surface area contributed by atoms with Crippen LogP contribution < -0.4 is 10.2 Å². The summed E-state index contributed by atoms with van der Waals surface area (Å²) in [6.45, 7) is 10.8. The molecule has 0 fully saturated rings. The number of aryl methyl sites for hydroxylation is 3. The highest BCUT2D eigenvalue weighted by Crippen LogP contribution is 2.42. The van der Waals surface area contributed by atoms with E-state index in [0.717, 1.165) is 88.2 Å². The van der Waals surface area contributed by atoms with Crippen LogP contribution in [0.4, 0.5) is 28.4 Å². The van der Waals surface area contributed by atoms with Gasteiger partial charge in [0.2, 0.25) is 0 Å². The largest absolute Gasteiger partial charge is 0.456 e. The standard InChI is InChI=1S/C49H38N2O2/c1-28-6-13-37(14-7-28)50-38-15-11-33-22-41-43-26-49-44(27-48(43)52-46(41)24-35(33)20-38)42-23-34-12-18-40(21-36(34)25-47(42)53-49)51(39-16-8-29(2)9-17-39)45-19-10-30(3)31(4)32(45)5/h6-27,50H,1-5H3. The molecule has 256 valence electrons. The highest BCUT2D eigenvalue weighted by molar-refractivity contribution is 6.18. The molecule has 10 aromatic rings. The van der Waals surface area contributed by atoms with Crippen LogP contribution in [-0.4, -0.2) is 0 Å². The lowest BCUT2D eigenvalue weighted by molar-refractivity contribution is 0.664. The molecule has 0 aliphatic rings. The minimum Gasteiger partial charge on any atom is -0.456 e. The van der Waals surface area contributed by atoms with E-state index in [1.165, 1.54) is 33.5 Å². The zero-order chi connectivity index (χ0) is 36.0. The van der Waals surface area contributed by atoms with E-state index in [4.69, 9.17) is 8.83 Å². The van der Waals surface area contributed by atoms with Crippen molar-refractivity contribution in [2.75, 3.05) is 10.2 Å². The third-order valence-electron chi connectivity index (χ3n) is 11.1. The van der Waals surface area contributed by atoms with E-state index in [9.17, 15) is 0 Å². The fourth-order valence-electron chi connectivity index (χ4n) is 7.84. The molecular weight excluding hydrogens is 649 g/mol. The van der Waals surface area contributed by atoms with Gasteiger partial charge in [0.15, 0.2) is 0 Å². The zero-order valence-corrected chi connectivity index (χ0v) is 30.5. The van der Waals surface area contributed by atoms with Crippen molar-refractivity contribution in [3.8, 4) is 0 Å². The molecule has 0 spiro atoms. The summed E-state index contributed by atoms with van der Waals surface area (Å²) >= 11 is 0. The molecule has 2 aromatic heterocycles. The van der Waals surface area contributed by atoms with Gasteiger partial charge in [0.05, 0.1) is 0 Å². The van der Waals surface area contributed by atoms with E-state index < -0.39 is 0 Å². The molecule has 0 radical (unpaired) electrons.